The predicted octanol–water partition coefficient (Wildman–Crippen LogP) is 3.76. The first kappa shape index (κ1) is 22.3. The summed E-state index contributed by atoms with van der Waals surface area (Å²) in [5, 5.41) is 11.3. The van der Waals surface area contributed by atoms with E-state index in [1.165, 1.54) is 5.56 Å². The van der Waals surface area contributed by atoms with Crippen molar-refractivity contribution >= 4 is 5.91 Å². The van der Waals surface area contributed by atoms with E-state index in [1.807, 2.05) is 35.2 Å². The van der Waals surface area contributed by atoms with Crippen LogP contribution in [-0.2, 0) is 16.8 Å². The van der Waals surface area contributed by atoms with E-state index in [-0.39, 0.29) is 12.3 Å². The van der Waals surface area contributed by atoms with Gasteiger partial charge >= 0.3 is 0 Å². The van der Waals surface area contributed by atoms with E-state index in [1.54, 1.807) is 6.08 Å². The van der Waals surface area contributed by atoms with Crippen molar-refractivity contribution in [1.82, 2.24) is 4.90 Å². The summed E-state index contributed by atoms with van der Waals surface area (Å²) in [5.74, 6) is -0.207. The SMILES string of the molecule is C=CCC(O)(C(=O)N1CCC([N+](C)(C)CCc2ccccc2)CC1)c1ccccc1. The molecule has 1 amide bonds. The van der Waals surface area contributed by atoms with Gasteiger partial charge in [-0.15, -0.1) is 6.58 Å². The first-order chi connectivity index (χ1) is 14.4. The van der Waals surface area contributed by atoms with Crippen LogP contribution < -0.4 is 0 Å². The van der Waals surface area contributed by atoms with Gasteiger partial charge in [0, 0.05) is 38.8 Å². The van der Waals surface area contributed by atoms with Crippen LogP contribution in [0.1, 0.15) is 30.4 Å². The normalized spacial score (nSPS) is 17.4. The molecule has 1 unspecified atom stereocenters. The molecule has 1 atom stereocenters. The minimum Gasteiger partial charge on any atom is -0.375 e. The predicted molar refractivity (Wildman–Crippen MR) is 122 cm³/mol. The van der Waals surface area contributed by atoms with E-state index in [2.05, 4.69) is 51.0 Å². The first-order valence-electron chi connectivity index (χ1n) is 10.9. The van der Waals surface area contributed by atoms with Crippen molar-refractivity contribution in [3.05, 3.63) is 84.4 Å². The Labute approximate surface area is 181 Å². The minimum atomic E-state index is -1.53. The number of aliphatic hydroxyl groups is 1. The smallest absolute Gasteiger partial charge is 0.259 e. The van der Waals surface area contributed by atoms with Crippen molar-refractivity contribution in [2.45, 2.75) is 37.3 Å². The number of quaternary nitrogens is 1. The number of nitrogens with zero attached hydrogens (tertiary/aromatic N) is 2. The second-order valence-electron chi connectivity index (χ2n) is 8.98. The van der Waals surface area contributed by atoms with E-state index < -0.39 is 5.60 Å². The summed E-state index contributed by atoms with van der Waals surface area (Å²) < 4.78 is 0.951. The highest BCUT2D eigenvalue weighted by atomic mass is 16.3. The zero-order valence-electron chi connectivity index (χ0n) is 18.3. The fraction of sp³-hybridized carbons (Fsp3) is 0.423. The van der Waals surface area contributed by atoms with Gasteiger partial charge in [-0.3, -0.25) is 4.79 Å². The topological polar surface area (TPSA) is 40.5 Å². The molecule has 1 saturated heterocycles. The van der Waals surface area contributed by atoms with Crippen LogP contribution in [0.5, 0.6) is 0 Å². The summed E-state index contributed by atoms with van der Waals surface area (Å²) in [4.78, 5) is 15.1. The van der Waals surface area contributed by atoms with Gasteiger partial charge in [0.15, 0.2) is 5.60 Å². The monoisotopic (exact) mass is 407 g/mol. The summed E-state index contributed by atoms with van der Waals surface area (Å²) in [7, 11) is 4.59. The second kappa shape index (κ2) is 9.59. The summed E-state index contributed by atoms with van der Waals surface area (Å²) >= 11 is 0. The van der Waals surface area contributed by atoms with Crippen LogP contribution >= 0.6 is 0 Å². The Morgan fingerprint density at radius 1 is 1.10 bits per heavy atom. The van der Waals surface area contributed by atoms with Gasteiger partial charge in [0.1, 0.15) is 0 Å². The molecule has 1 fully saturated rings. The van der Waals surface area contributed by atoms with Crippen molar-refractivity contribution < 1.29 is 14.4 Å². The Morgan fingerprint density at radius 3 is 2.23 bits per heavy atom. The Kier molecular flexibility index (Phi) is 7.11. The van der Waals surface area contributed by atoms with E-state index in [0.29, 0.717) is 24.7 Å². The molecule has 30 heavy (non-hydrogen) atoms. The molecule has 4 heteroatoms. The highest BCUT2D eigenvalue weighted by Crippen LogP contribution is 2.30. The highest BCUT2D eigenvalue weighted by molar-refractivity contribution is 5.86. The maximum Gasteiger partial charge on any atom is 0.259 e. The molecule has 0 saturated carbocycles. The van der Waals surface area contributed by atoms with Crippen LogP contribution in [0.2, 0.25) is 0 Å². The van der Waals surface area contributed by atoms with E-state index in [4.69, 9.17) is 0 Å². The molecule has 0 aliphatic carbocycles. The average Bonchev–Trinajstić information content (AvgIpc) is 2.79. The number of piperidine rings is 1. The molecule has 1 N–H and O–H groups in total. The number of likely N-dealkylation sites (N-methyl/N-ethyl adjacent to an activating group) is 1. The van der Waals surface area contributed by atoms with Gasteiger partial charge in [-0.05, 0) is 11.1 Å². The Morgan fingerprint density at radius 2 is 1.67 bits per heavy atom. The van der Waals surface area contributed by atoms with Crippen LogP contribution in [0.3, 0.4) is 0 Å². The third-order valence-corrected chi connectivity index (χ3v) is 6.60. The van der Waals surface area contributed by atoms with E-state index >= 15 is 0 Å². The largest absolute Gasteiger partial charge is 0.375 e. The molecule has 0 aromatic heterocycles. The standard InChI is InChI=1S/C26H35N2O2/c1-4-18-26(30,23-13-9-6-10-14-23)25(29)27-19-15-24(16-20-27)28(2,3)21-17-22-11-7-5-8-12-22/h4-14,24,30H,1,15-21H2,2-3H3/q+1. The van der Waals surface area contributed by atoms with Crippen LogP contribution in [-0.4, -0.2) is 60.2 Å². The molecule has 1 aliphatic heterocycles. The van der Waals surface area contributed by atoms with Crippen molar-refractivity contribution in [2.75, 3.05) is 33.7 Å². The zero-order chi connectivity index (χ0) is 21.6. The minimum absolute atomic E-state index is 0.207. The second-order valence-corrected chi connectivity index (χ2v) is 8.98. The van der Waals surface area contributed by atoms with Crippen LogP contribution in [0, 0.1) is 0 Å². The first-order valence-corrected chi connectivity index (χ1v) is 10.9. The lowest BCUT2D eigenvalue weighted by Crippen LogP contribution is -2.57. The molecule has 1 aliphatic rings. The summed E-state index contributed by atoms with van der Waals surface area (Å²) in [6.45, 7) is 6.20. The van der Waals surface area contributed by atoms with Gasteiger partial charge in [-0.25, -0.2) is 0 Å². The Balaban J connectivity index is 1.62. The fourth-order valence-electron chi connectivity index (χ4n) is 4.53. The molecule has 4 nitrogen and oxygen atoms in total. The van der Waals surface area contributed by atoms with Gasteiger partial charge in [0.25, 0.3) is 5.91 Å². The number of likely N-dealkylation sites (tertiary alicyclic amines) is 1. The number of carbonyl (C=O) groups excluding carboxylic acids is 1. The van der Waals surface area contributed by atoms with Crippen molar-refractivity contribution in [2.24, 2.45) is 0 Å². The third-order valence-electron chi connectivity index (χ3n) is 6.60. The molecular formula is C26H35N2O2+. The summed E-state index contributed by atoms with van der Waals surface area (Å²) in [5.41, 5.74) is 0.470. The maximum absolute atomic E-state index is 13.3. The van der Waals surface area contributed by atoms with Gasteiger partial charge < -0.3 is 14.5 Å². The van der Waals surface area contributed by atoms with Crippen LogP contribution in [0.4, 0.5) is 0 Å². The van der Waals surface area contributed by atoms with Gasteiger partial charge in [-0.2, -0.15) is 0 Å². The van der Waals surface area contributed by atoms with Gasteiger partial charge in [0.05, 0.1) is 26.7 Å². The maximum atomic E-state index is 13.3. The van der Waals surface area contributed by atoms with Gasteiger partial charge in [0.2, 0.25) is 0 Å². The molecular weight excluding hydrogens is 372 g/mol. The number of hydrogen-bond acceptors (Lipinski definition) is 2. The summed E-state index contributed by atoms with van der Waals surface area (Å²) in [6, 6.07) is 20.4. The molecule has 160 valence electrons. The van der Waals surface area contributed by atoms with Crippen molar-refractivity contribution in [3.8, 4) is 0 Å². The summed E-state index contributed by atoms with van der Waals surface area (Å²) in [6.07, 6.45) is 4.80. The molecule has 2 aromatic carbocycles. The number of benzene rings is 2. The number of amides is 1. The van der Waals surface area contributed by atoms with Crippen molar-refractivity contribution in [1.29, 1.82) is 0 Å². The molecule has 0 spiro atoms. The lowest BCUT2D eigenvalue weighted by Gasteiger charge is -2.44. The van der Waals surface area contributed by atoms with Crippen LogP contribution in [0.25, 0.3) is 0 Å². The molecule has 0 radical (unpaired) electrons. The Hall–Kier alpha value is -2.43. The fourth-order valence-corrected chi connectivity index (χ4v) is 4.53. The number of hydrogen-bond donors (Lipinski definition) is 1. The zero-order valence-corrected chi connectivity index (χ0v) is 18.3. The van der Waals surface area contributed by atoms with E-state index in [0.717, 1.165) is 30.3 Å². The average molecular weight is 408 g/mol. The third kappa shape index (κ3) is 5.00. The number of carbonyl (C=O) groups is 1. The lowest BCUT2D eigenvalue weighted by atomic mass is 9.88. The number of rotatable bonds is 8. The molecule has 1 heterocycles. The molecule has 2 aromatic rings. The van der Waals surface area contributed by atoms with Crippen LogP contribution in [0.15, 0.2) is 73.3 Å². The quantitative estimate of drug-likeness (QED) is 0.535. The van der Waals surface area contributed by atoms with Gasteiger partial charge in [-0.1, -0.05) is 66.7 Å². The molecule has 3 rings (SSSR count). The highest BCUT2D eigenvalue weighted by Gasteiger charge is 2.42. The Bertz CT molecular complexity index is 827. The lowest BCUT2D eigenvalue weighted by molar-refractivity contribution is -0.916. The van der Waals surface area contributed by atoms with E-state index in [9.17, 15) is 9.90 Å². The van der Waals surface area contributed by atoms with Crippen molar-refractivity contribution in [3.63, 3.8) is 0 Å². The molecule has 0 bridgehead atoms.